The van der Waals surface area contributed by atoms with Crippen molar-refractivity contribution in [2.24, 2.45) is 5.14 Å². The van der Waals surface area contributed by atoms with Crippen molar-refractivity contribution in [2.45, 2.75) is 18.7 Å². The van der Waals surface area contributed by atoms with Crippen molar-refractivity contribution in [3.8, 4) is 6.07 Å². The van der Waals surface area contributed by atoms with Crippen LogP contribution in [0, 0.1) is 25.2 Å². The van der Waals surface area contributed by atoms with Crippen molar-refractivity contribution in [1.29, 1.82) is 5.26 Å². The molecule has 0 aromatic heterocycles. The quantitative estimate of drug-likeness (QED) is 0.550. The molecule has 0 radical (unpaired) electrons. The summed E-state index contributed by atoms with van der Waals surface area (Å²) in [6.45, 7) is 3.84. The molecule has 0 saturated carbocycles. The van der Waals surface area contributed by atoms with Crippen LogP contribution in [-0.4, -0.2) is 14.3 Å². The van der Waals surface area contributed by atoms with Crippen molar-refractivity contribution >= 4 is 27.3 Å². The van der Waals surface area contributed by atoms with Gasteiger partial charge < -0.3 is 10.6 Å². The van der Waals surface area contributed by atoms with Crippen LogP contribution in [0.3, 0.4) is 0 Å². The van der Waals surface area contributed by atoms with Crippen LogP contribution in [0.15, 0.2) is 59.1 Å². The van der Waals surface area contributed by atoms with E-state index in [1.807, 2.05) is 38.1 Å². The predicted octanol–water partition coefficient (Wildman–Crippen LogP) is 2.41. The van der Waals surface area contributed by atoms with E-state index in [2.05, 4.69) is 10.6 Å². The maximum atomic E-state index is 12.2. The van der Waals surface area contributed by atoms with Gasteiger partial charge in [0.1, 0.15) is 11.6 Å². The largest absolute Gasteiger partial charge is 0.360 e. The van der Waals surface area contributed by atoms with Crippen LogP contribution in [0.2, 0.25) is 0 Å². The molecule has 0 aliphatic rings. The van der Waals surface area contributed by atoms with Gasteiger partial charge in [0.25, 0.3) is 5.91 Å². The second-order valence-electron chi connectivity index (χ2n) is 5.60. The van der Waals surface area contributed by atoms with E-state index in [9.17, 15) is 18.5 Å². The lowest BCUT2D eigenvalue weighted by Crippen LogP contribution is -2.15. The Hall–Kier alpha value is -3.15. The van der Waals surface area contributed by atoms with Gasteiger partial charge in [0.15, 0.2) is 0 Å². The Bertz CT molecular complexity index is 983. The Morgan fingerprint density at radius 2 is 1.69 bits per heavy atom. The SMILES string of the molecule is Cc1cccc(C)c1N/C=C(/C#N)C(=O)Nc1ccc(S(N)(=O)=O)cc1. The topological polar surface area (TPSA) is 125 Å². The number of nitrogens with one attached hydrogen (secondary N) is 2. The summed E-state index contributed by atoms with van der Waals surface area (Å²) in [5, 5.41) is 19.8. The summed E-state index contributed by atoms with van der Waals surface area (Å²) in [7, 11) is -3.80. The number of carbonyl (C=O) groups is 1. The van der Waals surface area contributed by atoms with E-state index in [1.165, 1.54) is 30.5 Å². The number of nitriles is 1. The lowest BCUT2D eigenvalue weighted by atomic mass is 10.1. The molecule has 2 rings (SSSR count). The van der Waals surface area contributed by atoms with Gasteiger partial charge >= 0.3 is 0 Å². The predicted molar refractivity (Wildman–Crippen MR) is 99.7 cm³/mol. The van der Waals surface area contributed by atoms with Crippen LogP contribution in [0.1, 0.15) is 11.1 Å². The standard InChI is InChI=1S/C18H18N4O3S/c1-12-4-3-5-13(2)17(12)21-11-14(10-19)18(23)22-15-6-8-16(9-7-15)26(20,24)25/h3-9,11,21H,1-2H3,(H,22,23)(H2,20,24,25)/b14-11-. The van der Waals surface area contributed by atoms with Gasteiger partial charge in [-0.25, -0.2) is 13.6 Å². The number of carbonyl (C=O) groups excluding carboxylic acids is 1. The Labute approximate surface area is 152 Å². The first-order chi connectivity index (χ1) is 12.2. The molecule has 0 unspecified atom stereocenters. The molecule has 2 aromatic rings. The molecule has 2 aromatic carbocycles. The minimum atomic E-state index is -3.80. The van der Waals surface area contributed by atoms with E-state index < -0.39 is 15.9 Å². The fourth-order valence-corrected chi connectivity index (χ4v) is 2.78. The number of anilines is 2. The number of nitrogens with two attached hydrogens (primary N) is 1. The first kappa shape index (κ1) is 19.2. The van der Waals surface area contributed by atoms with E-state index in [1.54, 1.807) is 0 Å². The maximum absolute atomic E-state index is 12.2. The highest BCUT2D eigenvalue weighted by Crippen LogP contribution is 2.20. The van der Waals surface area contributed by atoms with Crippen LogP contribution >= 0.6 is 0 Å². The fraction of sp³-hybridized carbons (Fsp3) is 0.111. The third-order valence-electron chi connectivity index (χ3n) is 3.65. The average Bonchev–Trinajstić information content (AvgIpc) is 2.57. The molecule has 0 fully saturated rings. The van der Waals surface area contributed by atoms with Gasteiger partial charge in [0.2, 0.25) is 10.0 Å². The third kappa shape index (κ3) is 4.69. The lowest BCUT2D eigenvalue weighted by molar-refractivity contribution is -0.112. The Balaban J connectivity index is 2.15. The molecule has 0 spiro atoms. The smallest absolute Gasteiger partial charge is 0.267 e. The average molecular weight is 370 g/mol. The molecule has 0 aliphatic heterocycles. The van der Waals surface area contributed by atoms with Crippen LogP contribution in [0.25, 0.3) is 0 Å². The second-order valence-corrected chi connectivity index (χ2v) is 7.17. The molecule has 0 heterocycles. The number of benzene rings is 2. The van der Waals surface area contributed by atoms with E-state index >= 15 is 0 Å². The molecular formula is C18H18N4O3S. The number of nitrogens with zero attached hydrogens (tertiary/aromatic N) is 1. The maximum Gasteiger partial charge on any atom is 0.267 e. The van der Waals surface area contributed by atoms with Crippen LogP contribution in [-0.2, 0) is 14.8 Å². The molecule has 26 heavy (non-hydrogen) atoms. The molecule has 0 saturated heterocycles. The molecule has 7 nitrogen and oxygen atoms in total. The van der Waals surface area contributed by atoms with E-state index in [-0.39, 0.29) is 10.5 Å². The fourth-order valence-electron chi connectivity index (χ4n) is 2.26. The molecule has 0 atom stereocenters. The highest BCUT2D eigenvalue weighted by molar-refractivity contribution is 7.89. The summed E-state index contributed by atoms with van der Waals surface area (Å²) in [4.78, 5) is 12.2. The van der Waals surface area contributed by atoms with Crippen molar-refractivity contribution in [3.05, 3.63) is 65.4 Å². The van der Waals surface area contributed by atoms with Gasteiger partial charge in [-0.1, -0.05) is 18.2 Å². The van der Waals surface area contributed by atoms with Gasteiger partial charge in [0, 0.05) is 17.6 Å². The zero-order valence-corrected chi connectivity index (χ0v) is 15.1. The number of primary sulfonamides is 1. The van der Waals surface area contributed by atoms with Crippen molar-refractivity contribution < 1.29 is 13.2 Å². The molecule has 134 valence electrons. The minimum absolute atomic E-state index is 0.0664. The summed E-state index contributed by atoms with van der Waals surface area (Å²) in [6.07, 6.45) is 1.34. The molecule has 1 amide bonds. The second kappa shape index (κ2) is 7.82. The summed E-state index contributed by atoms with van der Waals surface area (Å²) in [6, 6.07) is 12.9. The van der Waals surface area contributed by atoms with Crippen molar-refractivity contribution in [2.75, 3.05) is 10.6 Å². The van der Waals surface area contributed by atoms with Crippen LogP contribution < -0.4 is 15.8 Å². The molecule has 8 heteroatoms. The normalized spacial score (nSPS) is 11.5. The first-order valence-electron chi connectivity index (χ1n) is 7.59. The monoisotopic (exact) mass is 370 g/mol. The molecule has 0 aliphatic carbocycles. The Kier molecular flexibility index (Phi) is 5.77. The summed E-state index contributed by atoms with van der Waals surface area (Å²) in [5.74, 6) is -0.616. The van der Waals surface area contributed by atoms with E-state index in [0.29, 0.717) is 5.69 Å². The number of amides is 1. The van der Waals surface area contributed by atoms with Gasteiger partial charge in [0.05, 0.1) is 4.90 Å². The number of rotatable bonds is 5. The zero-order chi connectivity index (χ0) is 19.3. The van der Waals surface area contributed by atoms with Gasteiger partial charge in [-0.05, 0) is 49.2 Å². The summed E-state index contributed by atoms with van der Waals surface area (Å²) >= 11 is 0. The van der Waals surface area contributed by atoms with Crippen molar-refractivity contribution in [3.63, 3.8) is 0 Å². The Morgan fingerprint density at radius 1 is 1.12 bits per heavy atom. The lowest BCUT2D eigenvalue weighted by Gasteiger charge is -2.10. The zero-order valence-electron chi connectivity index (χ0n) is 14.3. The molecule has 0 bridgehead atoms. The molecule has 4 N–H and O–H groups in total. The highest BCUT2D eigenvalue weighted by Gasteiger charge is 2.11. The van der Waals surface area contributed by atoms with E-state index in [4.69, 9.17) is 5.14 Å². The van der Waals surface area contributed by atoms with Crippen LogP contribution in [0.5, 0.6) is 0 Å². The number of sulfonamides is 1. The number of para-hydroxylation sites is 1. The highest BCUT2D eigenvalue weighted by atomic mass is 32.2. The number of aryl methyl sites for hydroxylation is 2. The minimum Gasteiger partial charge on any atom is -0.360 e. The van der Waals surface area contributed by atoms with Gasteiger partial charge in [-0.15, -0.1) is 0 Å². The van der Waals surface area contributed by atoms with Gasteiger partial charge in [-0.3, -0.25) is 4.79 Å². The summed E-state index contributed by atoms with van der Waals surface area (Å²) < 4.78 is 22.5. The first-order valence-corrected chi connectivity index (χ1v) is 9.14. The molecular weight excluding hydrogens is 352 g/mol. The van der Waals surface area contributed by atoms with E-state index in [0.717, 1.165) is 16.8 Å². The van der Waals surface area contributed by atoms with Crippen molar-refractivity contribution in [1.82, 2.24) is 0 Å². The number of hydrogen-bond donors (Lipinski definition) is 3. The Morgan fingerprint density at radius 3 is 2.19 bits per heavy atom. The summed E-state index contributed by atoms with van der Waals surface area (Å²) in [5.41, 5.74) is 3.01. The number of hydrogen-bond acceptors (Lipinski definition) is 5. The third-order valence-corrected chi connectivity index (χ3v) is 4.58. The van der Waals surface area contributed by atoms with Gasteiger partial charge in [-0.2, -0.15) is 5.26 Å². The van der Waals surface area contributed by atoms with Crippen LogP contribution in [0.4, 0.5) is 11.4 Å².